The van der Waals surface area contributed by atoms with Crippen LogP contribution in [-0.2, 0) is 17.6 Å². The molecule has 40 heavy (non-hydrogen) atoms. The number of carbonyl (C=O) groups is 2. The van der Waals surface area contributed by atoms with Crippen molar-refractivity contribution in [3.05, 3.63) is 77.6 Å². The lowest BCUT2D eigenvalue weighted by molar-refractivity contribution is -0.127. The number of anilines is 1. The maximum Gasteiger partial charge on any atom is 0.311 e. The molecule has 1 aliphatic rings. The molecule has 1 N–H and O–H groups in total. The van der Waals surface area contributed by atoms with Crippen LogP contribution >= 0.6 is 0 Å². The Morgan fingerprint density at radius 2 is 1.90 bits per heavy atom. The van der Waals surface area contributed by atoms with Gasteiger partial charge in [-0.1, -0.05) is 12.1 Å². The molecule has 2 aromatic carbocycles. The van der Waals surface area contributed by atoms with Crippen molar-refractivity contribution in [2.24, 2.45) is 5.92 Å². The normalized spacial score (nSPS) is 13.4. The molecule has 208 valence electrons. The number of benzene rings is 2. The minimum atomic E-state index is -4.21. The van der Waals surface area contributed by atoms with E-state index < -0.39 is 24.7 Å². The highest BCUT2D eigenvalue weighted by atomic mass is 19.3. The van der Waals surface area contributed by atoms with Crippen molar-refractivity contribution >= 4 is 23.0 Å². The van der Waals surface area contributed by atoms with Gasteiger partial charge in [-0.25, -0.2) is 18.3 Å². The molecular formula is C28H24F4N4O4. The summed E-state index contributed by atoms with van der Waals surface area (Å²) in [6, 6.07) is 13.0. The summed E-state index contributed by atoms with van der Waals surface area (Å²) in [7, 11) is 1.44. The van der Waals surface area contributed by atoms with E-state index >= 15 is 0 Å². The van der Waals surface area contributed by atoms with Gasteiger partial charge in [0.15, 0.2) is 17.1 Å². The number of nitrogens with zero attached hydrogens (tertiary/aromatic N) is 3. The number of fused-ring (bicyclic) bond motifs is 1. The van der Waals surface area contributed by atoms with Crippen LogP contribution in [0, 0.1) is 5.92 Å². The van der Waals surface area contributed by atoms with Gasteiger partial charge in [0, 0.05) is 35.7 Å². The number of nitrogens with one attached hydrogen (secondary N) is 1. The molecule has 1 amide bonds. The third-order valence-corrected chi connectivity index (χ3v) is 6.32. The third kappa shape index (κ3) is 6.22. The number of aromatic nitrogens is 3. The molecule has 0 aliphatic heterocycles. The van der Waals surface area contributed by atoms with E-state index in [0.29, 0.717) is 22.8 Å². The summed E-state index contributed by atoms with van der Waals surface area (Å²) in [5.74, 6) is -3.78. The highest BCUT2D eigenvalue weighted by Crippen LogP contribution is 2.34. The zero-order chi connectivity index (χ0) is 28.4. The first kappa shape index (κ1) is 27.1. The lowest BCUT2D eigenvalue weighted by atomic mass is 10.0. The predicted octanol–water partition coefficient (Wildman–Crippen LogP) is 5.75. The number of imidazole rings is 1. The Balaban J connectivity index is 1.31. The molecule has 1 saturated carbocycles. The fourth-order valence-electron chi connectivity index (χ4n) is 4.10. The molecule has 2 aromatic heterocycles. The summed E-state index contributed by atoms with van der Waals surface area (Å²) in [6.45, 7) is 0. The van der Waals surface area contributed by atoms with Crippen LogP contribution < -0.4 is 14.8 Å². The monoisotopic (exact) mass is 556 g/mol. The van der Waals surface area contributed by atoms with Crippen LogP contribution in [0.4, 0.5) is 23.2 Å². The summed E-state index contributed by atoms with van der Waals surface area (Å²) >= 11 is 0. The number of amides is 1. The van der Waals surface area contributed by atoms with Gasteiger partial charge in [0.05, 0.1) is 25.4 Å². The summed E-state index contributed by atoms with van der Waals surface area (Å²) in [5.41, 5.74) is 1.38. The van der Waals surface area contributed by atoms with E-state index in [4.69, 9.17) is 9.47 Å². The first-order chi connectivity index (χ1) is 19.1. The highest BCUT2D eigenvalue weighted by Gasteiger charge is 2.40. The topological polar surface area (TPSA) is 94.8 Å². The molecule has 8 nitrogen and oxygen atoms in total. The number of rotatable bonds is 11. The predicted molar refractivity (Wildman–Crippen MR) is 137 cm³/mol. The number of alkyl halides is 4. The second-order valence-corrected chi connectivity index (χ2v) is 9.48. The van der Waals surface area contributed by atoms with E-state index in [1.807, 2.05) is 0 Å². The number of ether oxygens (including phenoxy) is 2. The van der Waals surface area contributed by atoms with Gasteiger partial charge in [-0.05, 0) is 48.7 Å². The fourth-order valence-corrected chi connectivity index (χ4v) is 4.10. The Morgan fingerprint density at radius 3 is 2.62 bits per heavy atom. The zero-order valence-electron chi connectivity index (χ0n) is 21.2. The molecular weight excluding hydrogens is 532 g/mol. The van der Waals surface area contributed by atoms with Crippen LogP contribution in [0.5, 0.6) is 17.4 Å². The lowest BCUT2D eigenvalue weighted by Crippen LogP contribution is -2.29. The van der Waals surface area contributed by atoms with Gasteiger partial charge in [0.1, 0.15) is 5.78 Å². The molecule has 0 saturated heterocycles. The minimum Gasteiger partial charge on any atom is -0.493 e. The van der Waals surface area contributed by atoms with Crippen molar-refractivity contribution in [3.8, 4) is 17.4 Å². The Kier molecular flexibility index (Phi) is 7.42. The van der Waals surface area contributed by atoms with Crippen LogP contribution in [-0.4, -0.2) is 45.7 Å². The number of methoxy groups -OCH3 is 1. The van der Waals surface area contributed by atoms with E-state index in [1.165, 1.54) is 35.9 Å². The SMILES string of the molecule is COc1ccc(NC(=O)c2cccc(CC(F)(F)C(F)F)c2)cc1Oc1ccc2nc(CC(=O)C3CC3)cn2n1. The van der Waals surface area contributed by atoms with Crippen LogP contribution in [0.2, 0.25) is 0 Å². The van der Waals surface area contributed by atoms with Gasteiger partial charge in [-0.15, -0.1) is 5.10 Å². The first-order valence-corrected chi connectivity index (χ1v) is 12.4. The molecule has 1 aliphatic carbocycles. The molecule has 2 heterocycles. The smallest absolute Gasteiger partial charge is 0.311 e. The van der Waals surface area contributed by atoms with E-state index in [9.17, 15) is 27.2 Å². The number of hydrogen-bond donors (Lipinski definition) is 1. The summed E-state index contributed by atoms with van der Waals surface area (Å²) in [6.07, 6.45) is -1.24. The van der Waals surface area contributed by atoms with Gasteiger partial charge in [-0.3, -0.25) is 9.59 Å². The number of halogens is 4. The average Bonchev–Trinajstić information content (AvgIpc) is 3.69. The van der Waals surface area contributed by atoms with Crippen molar-refractivity contribution < 1.29 is 36.6 Å². The van der Waals surface area contributed by atoms with Crippen molar-refractivity contribution in [2.45, 2.75) is 38.0 Å². The molecule has 0 bridgehead atoms. The maximum atomic E-state index is 13.5. The Labute approximate surface area is 225 Å². The van der Waals surface area contributed by atoms with Gasteiger partial charge in [-0.2, -0.15) is 8.78 Å². The molecule has 12 heteroatoms. The van der Waals surface area contributed by atoms with Gasteiger partial charge >= 0.3 is 12.3 Å². The van der Waals surface area contributed by atoms with Crippen molar-refractivity contribution in [3.63, 3.8) is 0 Å². The number of Topliss-reactive ketones (excluding diaryl/α,β-unsaturated/α-hetero) is 1. The number of ketones is 1. The van der Waals surface area contributed by atoms with Crippen LogP contribution in [0.15, 0.2) is 60.8 Å². The molecule has 1 fully saturated rings. The van der Waals surface area contributed by atoms with E-state index in [-0.39, 0.29) is 40.9 Å². The molecule has 4 aromatic rings. The molecule has 0 atom stereocenters. The summed E-state index contributed by atoms with van der Waals surface area (Å²) < 4.78 is 64.9. The van der Waals surface area contributed by atoms with Crippen LogP contribution in [0.1, 0.15) is 34.5 Å². The quantitative estimate of drug-likeness (QED) is 0.237. The van der Waals surface area contributed by atoms with Crippen LogP contribution in [0.25, 0.3) is 5.65 Å². The highest BCUT2D eigenvalue weighted by molar-refractivity contribution is 6.04. The Hall–Kier alpha value is -4.48. The third-order valence-electron chi connectivity index (χ3n) is 6.32. The van der Waals surface area contributed by atoms with Crippen molar-refractivity contribution in [2.75, 3.05) is 12.4 Å². The van der Waals surface area contributed by atoms with Gasteiger partial charge in [0.2, 0.25) is 5.88 Å². The largest absolute Gasteiger partial charge is 0.493 e. The van der Waals surface area contributed by atoms with Crippen molar-refractivity contribution in [1.82, 2.24) is 14.6 Å². The first-order valence-electron chi connectivity index (χ1n) is 12.4. The summed E-state index contributed by atoms with van der Waals surface area (Å²) in [4.78, 5) is 29.4. The Bertz CT molecular complexity index is 1570. The van der Waals surface area contributed by atoms with Gasteiger partial charge < -0.3 is 14.8 Å². The minimum absolute atomic E-state index is 0.0176. The van der Waals surface area contributed by atoms with E-state index in [1.54, 1.807) is 30.5 Å². The summed E-state index contributed by atoms with van der Waals surface area (Å²) in [5, 5.41) is 7.02. The standard InChI is InChI=1S/C28H24F4N4O4/c1-39-22-8-7-19(34-26(38)18-4-2-3-16(11-18)14-28(31,32)27(29)30)13-23(22)40-25-10-9-24-33-20(15-36(24)35-25)12-21(37)17-5-6-17/h2-4,7-11,13,15,17,27H,5-6,12,14H2,1H3,(H,34,38). The van der Waals surface area contributed by atoms with E-state index in [0.717, 1.165) is 18.9 Å². The second kappa shape index (κ2) is 10.9. The number of hydrogen-bond acceptors (Lipinski definition) is 6. The van der Waals surface area contributed by atoms with Crippen molar-refractivity contribution in [1.29, 1.82) is 0 Å². The van der Waals surface area contributed by atoms with Gasteiger partial charge in [0.25, 0.3) is 5.91 Å². The Morgan fingerprint density at radius 1 is 1.10 bits per heavy atom. The molecule has 0 radical (unpaired) electrons. The zero-order valence-corrected chi connectivity index (χ0v) is 21.2. The maximum absolute atomic E-state index is 13.5. The molecule has 5 rings (SSSR count). The van der Waals surface area contributed by atoms with Crippen LogP contribution in [0.3, 0.4) is 0 Å². The molecule has 0 spiro atoms. The van der Waals surface area contributed by atoms with E-state index in [2.05, 4.69) is 15.4 Å². The fraction of sp³-hybridized carbons (Fsp3) is 0.286. The number of carbonyl (C=O) groups excluding carboxylic acids is 2. The second-order valence-electron chi connectivity index (χ2n) is 9.48. The lowest BCUT2D eigenvalue weighted by Gasteiger charge is -2.15. The molecule has 0 unspecified atom stereocenters. The average molecular weight is 557 g/mol.